The van der Waals surface area contributed by atoms with Gasteiger partial charge in [-0.15, -0.1) is 0 Å². The molecule has 326 valence electrons. The zero-order valence-electron chi connectivity index (χ0n) is 37.6. The van der Waals surface area contributed by atoms with E-state index >= 15 is 0 Å². The van der Waals surface area contributed by atoms with Crippen molar-refractivity contribution >= 4 is 29.3 Å². The minimum Gasteiger partial charge on any atom is -0.379 e. The van der Waals surface area contributed by atoms with Gasteiger partial charge in [-0.3, -0.25) is 24.0 Å². The molecular formula is C47H76N4O7. The third-order valence-corrected chi connectivity index (χ3v) is 14.1. The first kappa shape index (κ1) is 47.5. The molecule has 2 aliphatic heterocycles. The second kappa shape index (κ2) is 21.4. The minimum absolute atomic E-state index is 0.000821. The first-order chi connectivity index (χ1) is 27.6. The molecule has 2 saturated heterocycles. The summed E-state index contributed by atoms with van der Waals surface area (Å²) < 4.78 is 12.2. The van der Waals surface area contributed by atoms with Crippen molar-refractivity contribution < 1.29 is 33.4 Å². The van der Waals surface area contributed by atoms with Crippen molar-refractivity contribution in [2.75, 3.05) is 47.9 Å². The molecule has 0 spiro atoms. The summed E-state index contributed by atoms with van der Waals surface area (Å²) in [4.78, 5) is 76.3. The average Bonchev–Trinajstić information content (AvgIpc) is 3.74. The normalized spacial score (nSPS) is 24.5. The topological polar surface area (TPSA) is 126 Å². The van der Waals surface area contributed by atoms with Gasteiger partial charge in [-0.25, -0.2) is 0 Å². The number of piperidine rings is 1. The van der Waals surface area contributed by atoms with Gasteiger partial charge >= 0.3 is 0 Å². The molecule has 1 aliphatic carbocycles. The Balaban J connectivity index is 1.51. The number of likely N-dealkylation sites (tertiary alicyclic amines) is 2. The van der Waals surface area contributed by atoms with Crippen molar-refractivity contribution in [3.8, 4) is 0 Å². The fourth-order valence-corrected chi connectivity index (χ4v) is 10.2. The summed E-state index contributed by atoms with van der Waals surface area (Å²) >= 11 is 0. The van der Waals surface area contributed by atoms with Gasteiger partial charge in [-0.05, 0) is 74.8 Å². The highest BCUT2D eigenvalue weighted by Crippen LogP contribution is 2.63. The predicted molar refractivity (Wildman–Crippen MR) is 228 cm³/mol. The number of nitrogens with zero attached hydrogens (tertiary/aromatic N) is 3. The number of rotatable bonds is 22. The van der Waals surface area contributed by atoms with E-state index in [4.69, 9.17) is 9.47 Å². The molecule has 0 bridgehead atoms. The Hall–Kier alpha value is -3.15. The number of benzene rings is 1. The molecule has 58 heavy (non-hydrogen) atoms. The van der Waals surface area contributed by atoms with Crippen LogP contribution < -0.4 is 5.32 Å². The summed E-state index contributed by atoms with van der Waals surface area (Å²) in [6, 6.07) is 9.04. The molecule has 2 heterocycles. The van der Waals surface area contributed by atoms with Gasteiger partial charge in [-0.2, -0.15) is 0 Å². The van der Waals surface area contributed by atoms with Gasteiger partial charge in [0.05, 0.1) is 42.2 Å². The highest BCUT2D eigenvalue weighted by Gasteiger charge is 2.62. The van der Waals surface area contributed by atoms with E-state index in [9.17, 15) is 24.0 Å². The van der Waals surface area contributed by atoms with Crippen LogP contribution in [-0.2, 0) is 33.4 Å². The molecule has 4 rings (SSSR count). The molecule has 0 radical (unpaired) electrons. The number of amides is 3. The van der Waals surface area contributed by atoms with Crippen molar-refractivity contribution in [1.29, 1.82) is 0 Å². The Morgan fingerprint density at radius 2 is 1.52 bits per heavy atom. The van der Waals surface area contributed by atoms with Crippen LogP contribution in [0.2, 0.25) is 0 Å². The molecule has 0 aromatic heterocycles. The van der Waals surface area contributed by atoms with E-state index in [1.807, 2.05) is 62.6 Å². The Morgan fingerprint density at radius 3 is 2.07 bits per heavy atom. The maximum absolute atomic E-state index is 14.4. The van der Waals surface area contributed by atoms with Crippen LogP contribution in [0.25, 0.3) is 0 Å². The third-order valence-electron chi connectivity index (χ3n) is 14.1. The molecule has 3 fully saturated rings. The van der Waals surface area contributed by atoms with Gasteiger partial charge in [0.15, 0.2) is 5.78 Å². The van der Waals surface area contributed by atoms with E-state index in [-0.39, 0.29) is 84.3 Å². The minimum atomic E-state index is -0.751. The van der Waals surface area contributed by atoms with Gasteiger partial charge in [0.1, 0.15) is 5.78 Å². The molecule has 1 saturated carbocycles. The molecule has 10 atom stereocenters. The highest BCUT2D eigenvalue weighted by atomic mass is 16.5. The number of likely N-dealkylation sites (N-methyl/N-ethyl adjacent to an activating group) is 2. The van der Waals surface area contributed by atoms with Crippen molar-refractivity contribution in [1.82, 2.24) is 20.0 Å². The Bertz CT molecular complexity index is 1530. The monoisotopic (exact) mass is 809 g/mol. The molecule has 0 unspecified atom stereocenters. The van der Waals surface area contributed by atoms with Gasteiger partial charge in [0, 0.05) is 65.6 Å². The summed E-state index contributed by atoms with van der Waals surface area (Å²) in [6.07, 6.45) is 5.23. The number of ketones is 2. The summed E-state index contributed by atoms with van der Waals surface area (Å²) in [7, 11) is 6.77. The number of carbonyl (C=O) groups is 5. The van der Waals surface area contributed by atoms with E-state index in [1.165, 1.54) is 0 Å². The summed E-state index contributed by atoms with van der Waals surface area (Å²) in [6.45, 7) is 16.0. The Kier molecular flexibility index (Phi) is 17.5. The SMILES string of the molecule is CC[C@H](C)[C@@H]([C@@H](CC(=O)N1CCC[C@H]1[C@H](OC)[C@@H](C)C(=O)C[C@@]1(C(=O)N2CCCCC2)C[C@H]1c1ccccc1)OC)N(C)C(=O)[C@@H](CC(=O)[C@@H](NC)C(C)C)C(C)C. The smallest absolute Gasteiger partial charge is 0.229 e. The average molecular weight is 809 g/mol. The van der Waals surface area contributed by atoms with Gasteiger partial charge in [0.2, 0.25) is 17.7 Å². The molecule has 3 aliphatic rings. The molecular weight excluding hydrogens is 733 g/mol. The quantitative estimate of drug-likeness (QED) is 0.140. The van der Waals surface area contributed by atoms with E-state index in [0.29, 0.717) is 19.4 Å². The van der Waals surface area contributed by atoms with E-state index < -0.39 is 35.5 Å². The number of Topliss-reactive ketones (excluding diaryl/α,β-unsaturated/α-hetero) is 2. The first-order valence-electron chi connectivity index (χ1n) is 22.3. The van der Waals surface area contributed by atoms with Crippen LogP contribution in [-0.4, -0.2) is 122 Å². The molecule has 3 amide bonds. The Labute approximate surface area is 349 Å². The largest absolute Gasteiger partial charge is 0.379 e. The van der Waals surface area contributed by atoms with Crippen LogP contribution in [0.4, 0.5) is 0 Å². The summed E-state index contributed by atoms with van der Waals surface area (Å²) in [5.41, 5.74) is 0.347. The lowest BCUT2D eigenvalue weighted by Crippen LogP contribution is -2.54. The van der Waals surface area contributed by atoms with Gasteiger partial charge < -0.3 is 29.5 Å². The van der Waals surface area contributed by atoms with E-state index in [2.05, 4.69) is 31.3 Å². The maximum Gasteiger partial charge on any atom is 0.229 e. The zero-order chi connectivity index (χ0) is 42.9. The van der Waals surface area contributed by atoms with Crippen LogP contribution in [0.5, 0.6) is 0 Å². The van der Waals surface area contributed by atoms with Gasteiger partial charge in [-0.1, -0.05) is 85.2 Å². The number of hydrogen-bond donors (Lipinski definition) is 1. The second-order valence-corrected chi connectivity index (χ2v) is 18.4. The molecule has 1 N–H and O–H groups in total. The van der Waals surface area contributed by atoms with Gasteiger partial charge in [0.25, 0.3) is 0 Å². The fraction of sp³-hybridized carbons (Fsp3) is 0.766. The second-order valence-electron chi connectivity index (χ2n) is 18.4. The van der Waals surface area contributed by atoms with E-state index in [1.54, 1.807) is 33.2 Å². The zero-order valence-corrected chi connectivity index (χ0v) is 37.6. The lowest BCUT2D eigenvalue weighted by molar-refractivity contribution is -0.149. The Morgan fingerprint density at radius 1 is 0.862 bits per heavy atom. The number of hydrogen-bond acceptors (Lipinski definition) is 8. The first-order valence-corrected chi connectivity index (χ1v) is 22.3. The van der Waals surface area contributed by atoms with Crippen molar-refractivity contribution in [2.45, 2.75) is 149 Å². The number of methoxy groups -OCH3 is 2. The van der Waals surface area contributed by atoms with Crippen LogP contribution in [0.15, 0.2) is 30.3 Å². The van der Waals surface area contributed by atoms with E-state index in [0.717, 1.165) is 50.8 Å². The van der Waals surface area contributed by atoms with Crippen LogP contribution in [0, 0.1) is 35.0 Å². The van der Waals surface area contributed by atoms with Crippen LogP contribution >= 0.6 is 0 Å². The number of nitrogens with one attached hydrogen (secondary N) is 1. The van der Waals surface area contributed by atoms with Crippen molar-refractivity contribution in [2.24, 2.45) is 35.0 Å². The lowest BCUT2D eigenvalue weighted by Gasteiger charge is -2.41. The summed E-state index contributed by atoms with van der Waals surface area (Å²) in [5, 5.41) is 3.13. The predicted octanol–water partition coefficient (Wildman–Crippen LogP) is 6.53. The van der Waals surface area contributed by atoms with Crippen LogP contribution in [0.3, 0.4) is 0 Å². The standard InChI is InChI=1S/C47H76N4O7/c1-12-32(6)43(49(9)45(55)35(30(2)3)26-38(52)42(48-8)31(4)5)40(57-10)27-41(54)51-25-19-22-37(51)44(58-11)33(7)39(53)29-47(46(56)50-23-17-14-18-24-50)28-36(47)34-20-15-13-16-21-34/h13,15-16,20-21,30-33,35-37,40,42-44,48H,12,14,17-19,22-29H2,1-11H3/t32-,33-,35-,36-,37-,40+,42-,43-,44+,47-/m0/s1. The lowest BCUT2D eigenvalue weighted by atomic mass is 9.83. The van der Waals surface area contributed by atoms with Crippen molar-refractivity contribution in [3.63, 3.8) is 0 Å². The number of ether oxygens (including phenoxy) is 2. The fourth-order valence-electron chi connectivity index (χ4n) is 10.2. The van der Waals surface area contributed by atoms with Crippen molar-refractivity contribution in [3.05, 3.63) is 35.9 Å². The van der Waals surface area contributed by atoms with Crippen LogP contribution in [0.1, 0.15) is 124 Å². The molecule has 1 aromatic rings. The molecule has 11 nitrogen and oxygen atoms in total. The highest BCUT2D eigenvalue weighted by molar-refractivity contribution is 5.94. The third kappa shape index (κ3) is 10.8. The summed E-state index contributed by atoms with van der Waals surface area (Å²) in [5.74, 6) is -1.10. The number of carbonyl (C=O) groups excluding carboxylic acids is 5. The maximum atomic E-state index is 14.4. The molecule has 1 aromatic carbocycles. The molecule has 11 heteroatoms.